The van der Waals surface area contributed by atoms with E-state index in [9.17, 15) is 4.79 Å². The summed E-state index contributed by atoms with van der Waals surface area (Å²) in [6.45, 7) is 1.63. The van der Waals surface area contributed by atoms with Crippen molar-refractivity contribution >= 4 is 11.8 Å². The van der Waals surface area contributed by atoms with Gasteiger partial charge in [-0.2, -0.15) is 5.26 Å². The molecule has 0 fully saturated rings. The predicted molar refractivity (Wildman–Crippen MR) is 69.4 cm³/mol. The molecule has 1 aromatic heterocycles. The summed E-state index contributed by atoms with van der Waals surface area (Å²) in [5.41, 5.74) is 1.89. The second-order valence-electron chi connectivity index (χ2n) is 4.09. The first-order valence-corrected chi connectivity index (χ1v) is 6.50. The largest absolute Gasteiger partial charge is 0.445 e. The Balaban J connectivity index is 2.39. The van der Waals surface area contributed by atoms with Gasteiger partial charge in [-0.25, -0.2) is 0 Å². The molecule has 1 aliphatic rings. The van der Waals surface area contributed by atoms with Gasteiger partial charge in [0.2, 0.25) is 5.76 Å². The van der Waals surface area contributed by atoms with E-state index in [2.05, 4.69) is 0 Å². The summed E-state index contributed by atoms with van der Waals surface area (Å²) in [4.78, 5) is 13.3. The summed E-state index contributed by atoms with van der Waals surface area (Å²) in [7, 11) is 0. The highest BCUT2D eigenvalue weighted by molar-refractivity contribution is 7.98. The fourth-order valence-corrected chi connectivity index (χ4v) is 3.11. The van der Waals surface area contributed by atoms with E-state index < -0.39 is 0 Å². The molecule has 3 nitrogen and oxygen atoms in total. The predicted octanol–water partition coefficient (Wildman–Crippen LogP) is 3.09. The molecule has 0 saturated heterocycles. The highest BCUT2D eigenvalue weighted by Gasteiger charge is 2.23. The van der Waals surface area contributed by atoms with Crippen LogP contribution in [0.1, 0.15) is 16.9 Å². The van der Waals surface area contributed by atoms with Crippen LogP contribution < -0.4 is 5.43 Å². The molecule has 2 aromatic rings. The molecule has 0 N–H and O–H groups in total. The van der Waals surface area contributed by atoms with Crippen molar-refractivity contribution in [1.29, 1.82) is 5.26 Å². The van der Waals surface area contributed by atoms with Gasteiger partial charge in [-0.15, -0.1) is 11.8 Å². The molecular formula is C14H9NO2S. The van der Waals surface area contributed by atoms with Crippen molar-refractivity contribution in [2.24, 2.45) is 0 Å². The summed E-state index contributed by atoms with van der Waals surface area (Å²) in [6.07, 6.45) is 0. The van der Waals surface area contributed by atoms with Gasteiger partial charge in [-0.05, 0) is 13.0 Å². The Bertz CT molecular complexity index is 740. The highest BCUT2D eigenvalue weighted by Crippen LogP contribution is 2.40. The summed E-state index contributed by atoms with van der Waals surface area (Å²) >= 11 is 1.62. The van der Waals surface area contributed by atoms with Crippen molar-refractivity contribution in [3.63, 3.8) is 0 Å². The zero-order chi connectivity index (χ0) is 12.7. The second kappa shape index (κ2) is 4.04. The number of nitrogens with zero attached hydrogens (tertiary/aromatic N) is 1. The molecule has 88 valence electrons. The Kier molecular flexibility index (Phi) is 2.49. The van der Waals surface area contributed by atoms with Crippen LogP contribution in [0.25, 0.3) is 11.3 Å². The van der Waals surface area contributed by atoms with Crippen molar-refractivity contribution in [2.45, 2.75) is 17.6 Å². The van der Waals surface area contributed by atoms with Crippen LogP contribution in [0.15, 0.2) is 38.4 Å². The number of rotatable bonds is 0. The van der Waals surface area contributed by atoms with Crippen LogP contribution in [0.5, 0.6) is 0 Å². The van der Waals surface area contributed by atoms with E-state index in [0.717, 1.165) is 10.5 Å². The molecule has 2 heterocycles. The van der Waals surface area contributed by atoms with Gasteiger partial charge >= 0.3 is 0 Å². The molecule has 0 radical (unpaired) electrons. The van der Waals surface area contributed by atoms with Gasteiger partial charge in [0.05, 0.1) is 11.1 Å². The first kappa shape index (κ1) is 11.1. The number of hydrogen-bond donors (Lipinski definition) is 0. The quantitative estimate of drug-likeness (QED) is 0.726. The summed E-state index contributed by atoms with van der Waals surface area (Å²) in [5, 5.41) is 9.00. The minimum absolute atomic E-state index is 0.0743. The third-order valence-corrected chi connectivity index (χ3v) is 4.14. The van der Waals surface area contributed by atoms with E-state index in [-0.39, 0.29) is 11.2 Å². The highest BCUT2D eigenvalue weighted by atomic mass is 32.2. The molecule has 1 aromatic carbocycles. The normalized spacial score (nSPS) is 12.4. The van der Waals surface area contributed by atoms with Crippen LogP contribution in [-0.4, -0.2) is 0 Å². The number of benzene rings is 1. The third-order valence-electron chi connectivity index (χ3n) is 3.04. The zero-order valence-electron chi connectivity index (χ0n) is 9.69. The minimum Gasteiger partial charge on any atom is -0.445 e. The van der Waals surface area contributed by atoms with E-state index in [1.807, 2.05) is 30.3 Å². The van der Waals surface area contributed by atoms with Gasteiger partial charge in [-0.1, -0.05) is 18.2 Å². The number of thioether (sulfide) groups is 1. The van der Waals surface area contributed by atoms with E-state index in [1.54, 1.807) is 18.7 Å². The van der Waals surface area contributed by atoms with E-state index >= 15 is 0 Å². The third kappa shape index (κ3) is 1.48. The minimum atomic E-state index is -0.0743. The van der Waals surface area contributed by atoms with Crippen LogP contribution in [0.2, 0.25) is 0 Å². The molecule has 1 aliphatic heterocycles. The standard InChI is InChI=1S/C14H9NO2S/c1-8-11(6-15)17-14-9-4-2-3-5-12(9)18-7-10(14)13(8)16/h2-5H,7H2,1H3. The van der Waals surface area contributed by atoms with Crippen LogP contribution in [-0.2, 0) is 5.75 Å². The molecule has 0 unspecified atom stereocenters. The molecule has 18 heavy (non-hydrogen) atoms. The van der Waals surface area contributed by atoms with Crippen LogP contribution >= 0.6 is 11.8 Å². The first-order chi connectivity index (χ1) is 8.72. The van der Waals surface area contributed by atoms with Crippen molar-refractivity contribution < 1.29 is 4.42 Å². The molecule has 0 bridgehead atoms. The molecule has 0 aliphatic carbocycles. The summed E-state index contributed by atoms with van der Waals surface area (Å²) in [6, 6.07) is 9.71. The Morgan fingerprint density at radius 2 is 2.17 bits per heavy atom. The average molecular weight is 255 g/mol. The fourth-order valence-electron chi connectivity index (χ4n) is 2.06. The lowest BCUT2D eigenvalue weighted by atomic mass is 10.0. The average Bonchev–Trinajstić information content (AvgIpc) is 2.42. The molecule has 4 heteroatoms. The molecule has 3 rings (SSSR count). The molecule has 0 spiro atoms. The smallest absolute Gasteiger partial charge is 0.210 e. The Morgan fingerprint density at radius 3 is 2.94 bits per heavy atom. The Morgan fingerprint density at radius 1 is 1.39 bits per heavy atom. The van der Waals surface area contributed by atoms with Crippen molar-refractivity contribution in [3.8, 4) is 17.4 Å². The lowest BCUT2D eigenvalue weighted by Crippen LogP contribution is -2.16. The van der Waals surface area contributed by atoms with Crippen LogP contribution in [0.3, 0.4) is 0 Å². The SMILES string of the molecule is Cc1c(C#N)oc2c(c1=O)CSc1ccccc1-2. The van der Waals surface area contributed by atoms with Gasteiger partial charge in [0.1, 0.15) is 11.8 Å². The maximum absolute atomic E-state index is 12.2. The van der Waals surface area contributed by atoms with Gasteiger partial charge in [0.25, 0.3) is 0 Å². The number of fused-ring (bicyclic) bond motifs is 3. The summed E-state index contributed by atoms with van der Waals surface area (Å²) < 4.78 is 5.61. The van der Waals surface area contributed by atoms with Gasteiger partial charge in [0, 0.05) is 16.2 Å². The van der Waals surface area contributed by atoms with Crippen molar-refractivity contribution in [2.75, 3.05) is 0 Å². The molecule has 0 saturated carbocycles. The number of hydrogen-bond acceptors (Lipinski definition) is 4. The Hall–Kier alpha value is -1.99. The lowest BCUT2D eigenvalue weighted by Gasteiger charge is -2.17. The second-order valence-corrected chi connectivity index (χ2v) is 5.11. The number of nitriles is 1. The van der Waals surface area contributed by atoms with Crippen LogP contribution in [0.4, 0.5) is 0 Å². The van der Waals surface area contributed by atoms with E-state index in [1.165, 1.54) is 0 Å². The molecular weight excluding hydrogens is 246 g/mol. The molecule has 0 atom stereocenters. The van der Waals surface area contributed by atoms with Crippen molar-refractivity contribution in [1.82, 2.24) is 0 Å². The summed E-state index contributed by atoms with van der Waals surface area (Å²) in [5.74, 6) is 1.26. The van der Waals surface area contributed by atoms with E-state index in [0.29, 0.717) is 22.6 Å². The molecule has 0 amide bonds. The van der Waals surface area contributed by atoms with E-state index in [4.69, 9.17) is 9.68 Å². The zero-order valence-corrected chi connectivity index (χ0v) is 10.5. The van der Waals surface area contributed by atoms with Crippen LogP contribution in [0, 0.1) is 18.3 Å². The first-order valence-electron chi connectivity index (χ1n) is 5.51. The van der Waals surface area contributed by atoms with Gasteiger partial charge in [-0.3, -0.25) is 4.79 Å². The topological polar surface area (TPSA) is 54.0 Å². The van der Waals surface area contributed by atoms with Gasteiger partial charge < -0.3 is 4.42 Å². The monoisotopic (exact) mass is 255 g/mol. The maximum Gasteiger partial charge on any atom is 0.210 e. The fraction of sp³-hybridized carbons (Fsp3) is 0.143. The Labute approximate surface area is 108 Å². The van der Waals surface area contributed by atoms with Crippen molar-refractivity contribution in [3.05, 3.63) is 51.4 Å². The maximum atomic E-state index is 12.2. The lowest BCUT2D eigenvalue weighted by molar-refractivity contribution is 0.537. The van der Waals surface area contributed by atoms with Gasteiger partial charge in [0.15, 0.2) is 5.43 Å².